The van der Waals surface area contributed by atoms with Crippen LogP contribution >= 0.6 is 0 Å². The monoisotopic (exact) mass is 386 g/mol. The third-order valence-corrected chi connectivity index (χ3v) is 4.02. The molecule has 5 heteroatoms. The van der Waals surface area contributed by atoms with Gasteiger partial charge in [0.25, 0.3) is 0 Å². The van der Waals surface area contributed by atoms with Gasteiger partial charge in [0.05, 0.1) is 13.2 Å². The minimum absolute atomic E-state index is 0.452. The molecule has 0 aliphatic carbocycles. The summed E-state index contributed by atoms with van der Waals surface area (Å²) in [5.74, 6) is 0.904. The van der Waals surface area contributed by atoms with Crippen molar-refractivity contribution in [3.63, 3.8) is 0 Å². The molecule has 5 nitrogen and oxygen atoms in total. The van der Waals surface area contributed by atoms with Crippen LogP contribution in [0.15, 0.2) is 48.5 Å². The van der Waals surface area contributed by atoms with E-state index in [4.69, 9.17) is 18.9 Å². The minimum Gasteiger partial charge on any atom is -0.395 e. The van der Waals surface area contributed by atoms with E-state index in [1.54, 1.807) is 24.3 Å². The van der Waals surface area contributed by atoms with Gasteiger partial charge in [-0.3, -0.25) is 0 Å². The molecule has 28 heavy (non-hydrogen) atoms. The zero-order valence-corrected chi connectivity index (χ0v) is 16.8. The first-order chi connectivity index (χ1) is 13.7. The second-order valence-electron chi connectivity index (χ2n) is 6.47. The molecule has 0 saturated carbocycles. The summed E-state index contributed by atoms with van der Waals surface area (Å²) in [5, 5.41) is 0. The Bertz CT molecular complexity index is 620. The van der Waals surface area contributed by atoms with Gasteiger partial charge in [-0.25, -0.2) is 4.79 Å². The van der Waals surface area contributed by atoms with Gasteiger partial charge < -0.3 is 18.9 Å². The predicted octanol–water partition coefficient (Wildman–Crippen LogP) is 5.20. The van der Waals surface area contributed by atoms with Crippen LogP contribution in [0.25, 0.3) is 0 Å². The molecule has 0 heterocycles. The van der Waals surface area contributed by atoms with Crippen molar-refractivity contribution in [2.45, 2.75) is 39.5 Å². The highest BCUT2D eigenvalue weighted by molar-refractivity contribution is 5.67. The average molecular weight is 386 g/mol. The van der Waals surface area contributed by atoms with Gasteiger partial charge in [-0.15, -0.1) is 0 Å². The highest BCUT2D eigenvalue weighted by Gasteiger charge is 2.08. The van der Waals surface area contributed by atoms with Crippen LogP contribution in [0.2, 0.25) is 0 Å². The molecular weight excluding hydrogens is 356 g/mol. The lowest BCUT2D eigenvalue weighted by Gasteiger charge is -2.08. The second-order valence-corrected chi connectivity index (χ2v) is 6.47. The molecule has 0 atom stereocenters. The van der Waals surface area contributed by atoms with Crippen molar-refractivity contribution in [1.29, 1.82) is 0 Å². The SMILES string of the molecule is CCCOCCc1ccc(OC(=O)Oc2ccc(CCOCCC)cc2)cc1. The maximum atomic E-state index is 12.0. The number of benzene rings is 2. The van der Waals surface area contributed by atoms with E-state index in [0.29, 0.717) is 24.7 Å². The lowest BCUT2D eigenvalue weighted by Crippen LogP contribution is -2.13. The number of hydrogen-bond acceptors (Lipinski definition) is 5. The van der Waals surface area contributed by atoms with Crippen molar-refractivity contribution < 1.29 is 23.7 Å². The molecular formula is C23H30O5. The summed E-state index contributed by atoms with van der Waals surface area (Å²) in [7, 11) is 0. The Morgan fingerprint density at radius 1 is 0.643 bits per heavy atom. The van der Waals surface area contributed by atoms with Crippen LogP contribution in [0.1, 0.15) is 37.8 Å². The van der Waals surface area contributed by atoms with E-state index in [-0.39, 0.29) is 0 Å². The zero-order valence-electron chi connectivity index (χ0n) is 16.8. The number of rotatable bonds is 12. The predicted molar refractivity (Wildman–Crippen MR) is 109 cm³/mol. The van der Waals surface area contributed by atoms with Crippen molar-refractivity contribution in [3.05, 3.63) is 59.7 Å². The zero-order chi connectivity index (χ0) is 20.0. The van der Waals surface area contributed by atoms with Crippen molar-refractivity contribution in [2.75, 3.05) is 26.4 Å². The van der Waals surface area contributed by atoms with Crippen molar-refractivity contribution in [3.8, 4) is 11.5 Å². The van der Waals surface area contributed by atoms with Gasteiger partial charge in [-0.05, 0) is 61.1 Å². The molecule has 0 unspecified atom stereocenters. The Morgan fingerprint density at radius 2 is 1.04 bits per heavy atom. The first-order valence-corrected chi connectivity index (χ1v) is 9.94. The molecule has 152 valence electrons. The smallest absolute Gasteiger partial charge is 0.395 e. The average Bonchev–Trinajstić information content (AvgIpc) is 2.71. The van der Waals surface area contributed by atoms with Crippen LogP contribution < -0.4 is 9.47 Å². The van der Waals surface area contributed by atoms with E-state index in [0.717, 1.165) is 50.0 Å². The number of ether oxygens (including phenoxy) is 4. The summed E-state index contributed by atoms with van der Waals surface area (Å²) >= 11 is 0. The third kappa shape index (κ3) is 8.55. The molecule has 0 radical (unpaired) electrons. The van der Waals surface area contributed by atoms with Gasteiger partial charge in [0.2, 0.25) is 0 Å². The summed E-state index contributed by atoms with van der Waals surface area (Å²) < 4.78 is 21.4. The Balaban J connectivity index is 1.74. The van der Waals surface area contributed by atoms with Crippen LogP contribution in [0.3, 0.4) is 0 Å². The van der Waals surface area contributed by atoms with Crippen LogP contribution in [-0.2, 0) is 22.3 Å². The van der Waals surface area contributed by atoms with E-state index in [1.165, 1.54) is 0 Å². The molecule has 0 bridgehead atoms. The van der Waals surface area contributed by atoms with E-state index >= 15 is 0 Å². The lowest BCUT2D eigenvalue weighted by atomic mass is 10.1. The van der Waals surface area contributed by atoms with Crippen molar-refractivity contribution in [2.24, 2.45) is 0 Å². The van der Waals surface area contributed by atoms with Gasteiger partial charge in [0.1, 0.15) is 11.5 Å². The van der Waals surface area contributed by atoms with E-state index in [9.17, 15) is 4.79 Å². The summed E-state index contributed by atoms with van der Waals surface area (Å²) in [6.07, 6.45) is 2.95. The molecule has 0 aliphatic heterocycles. The maximum Gasteiger partial charge on any atom is 0.519 e. The summed E-state index contributed by atoms with van der Waals surface area (Å²) in [5.41, 5.74) is 2.27. The Morgan fingerprint density at radius 3 is 1.39 bits per heavy atom. The topological polar surface area (TPSA) is 54.0 Å². The molecule has 0 saturated heterocycles. The van der Waals surface area contributed by atoms with Gasteiger partial charge in [0, 0.05) is 13.2 Å². The number of carbonyl (C=O) groups is 1. The van der Waals surface area contributed by atoms with Crippen LogP contribution in [0, 0.1) is 0 Å². The van der Waals surface area contributed by atoms with Gasteiger partial charge in [-0.2, -0.15) is 0 Å². The molecule has 0 aliphatic rings. The van der Waals surface area contributed by atoms with Crippen LogP contribution in [-0.4, -0.2) is 32.6 Å². The summed E-state index contributed by atoms with van der Waals surface area (Å²) in [6, 6.07) is 14.7. The van der Waals surface area contributed by atoms with E-state index in [2.05, 4.69) is 13.8 Å². The van der Waals surface area contributed by atoms with E-state index < -0.39 is 6.16 Å². The molecule has 2 rings (SSSR count). The van der Waals surface area contributed by atoms with Gasteiger partial charge in [-0.1, -0.05) is 38.1 Å². The molecule has 0 spiro atoms. The fourth-order valence-electron chi connectivity index (χ4n) is 2.53. The molecule has 0 fully saturated rings. The second kappa shape index (κ2) is 12.9. The normalized spacial score (nSPS) is 10.6. The quantitative estimate of drug-likeness (QED) is 0.285. The first-order valence-electron chi connectivity index (χ1n) is 9.94. The molecule has 0 N–H and O–H groups in total. The fourth-order valence-corrected chi connectivity index (χ4v) is 2.53. The Hall–Kier alpha value is -2.37. The third-order valence-electron chi connectivity index (χ3n) is 4.02. The van der Waals surface area contributed by atoms with Crippen LogP contribution in [0.5, 0.6) is 11.5 Å². The van der Waals surface area contributed by atoms with Gasteiger partial charge >= 0.3 is 6.16 Å². The largest absolute Gasteiger partial charge is 0.519 e. The molecule has 2 aromatic rings. The summed E-state index contributed by atoms with van der Waals surface area (Å²) in [4.78, 5) is 12.0. The fraction of sp³-hybridized carbons (Fsp3) is 0.435. The molecule has 2 aromatic carbocycles. The van der Waals surface area contributed by atoms with E-state index in [1.807, 2.05) is 24.3 Å². The Labute approximate surface area is 167 Å². The van der Waals surface area contributed by atoms with Crippen molar-refractivity contribution in [1.82, 2.24) is 0 Å². The minimum atomic E-state index is -0.752. The molecule has 0 amide bonds. The lowest BCUT2D eigenvalue weighted by molar-refractivity contribution is 0.138. The van der Waals surface area contributed by atoms with Crippen LogP contribution in [0.4, 0.5) is 4.79 Å². The van der Waals surface area contributed by atoms with Crippen molar-refractivity contribution >= 4 is 6.16 Å². The first kappa shape index (κ1) is 21.9. The highest BCUT2D eigenvalue weighted by atomic mass is 16.7. The highest BCUT2D eigenvalue weighted by Crippen LogP contribution is 2.16. The standard InChI is InChI=1S/C23H30O5/c1-3-15-25-17-13-19-5-9-21(10-6-19)27-23(24)28-22-11-7-20(8-12-22)14-18-26-16-4-2/h5-12H,3-4,13-18H2,1-2H3. The molecule has 0 aromatic heterocycles. The number of hydrogen-bond donors (Lipinski definition) is 0. The summed E-state index contributed by atoms with van der Waals surface area (Å²) in [6.45, 7) is 7.11. The van der Waals surface area contributed by atoms with Gasteiger partial charge in [0.15, 0.2) is 0 Å². The Kier molecular flexibility index (Phi) is 10.1. The maximum absolute atomic E-state index is 12.0. The number of carbonyl (C=O) groups excluding carboxylic acids is 1.